The lowest BCUT2D eigenvalue weighted by molar-refractivity contribution is -0.138. The summed E-state index contributed by atoms with van der Waals surface area (Å²) < 4.78 is 74.8. The summed E-state index contributed by atoms with van der Waals surface area (Å²) in [6, 6.07) is 1.77. The van der Waals surface area contributed by atoms with Gasteiger partial charge in [-0.25, -0.2) is 0 Å². The minimum atomic E-state index is -4.64. The first-order valence-electron chi connectivity index (χ1n) is 5.74. The van der Waals surface area contributed by atoms with Crippen LogP contribution >= 0.6 is 12.2 Å². The fourth-order valence-corrected chi connectivity index (χ4v) is 1.94. The van der Waals surface area contributed by atoms with Gasteiger partial charge in [0.1, 0.15) is 4.99 Å². The van der Waals surface area contributed by atoms with Crippen molar-refractivity contribution in [1.29, 1.82) is 0 Å². The second-order valence-corrected chi connectivity index (χ2v) is 4.93. The predicted molar refractivity (Wildman–Crippen MR) is 71.1 cm³/mol. The molecule has 0 aliphatic heterocycles. The molecule has 0 aliphatic carbocycles. The van der Waals surface area contributed by atoms with Gasteiger partial charge in [0.05, 0.1) is 12.0 Å². The maximum atomic E-state index is 12.7. The molecular formula is C12H12F6N2S. The Balaban J connectivity index is 3.02. The van der Waals surface area contributed by atoms with Gasteiger partial charge in [-0.2, -0.15) is 26.3 Å². The quantitative estimate of drug-likeness (QED) is 0.645. The van der Waals surface area contributed by atoms with E-state index >= 15 is 0 Å². The van der Waals surface area contributed by atoms with E-state index in [9.17, 15) is 26.3 Å². The lowest BCUT2D eigenvalue weighted by Crippen LogP contribution is -2.24. The number of nitrogens with two attached hydrogens (primary N) is 1. The van der Waals surface area contributed by atoms with Gasteiger partial charge in [-0.3, -0.25) is 0 Å². The molecule has 0 aliphatic rings. The minimum absolute atomic E-state index is 0.0857. The summed E-state index contributed by atoms with van der Waals surface area (Å²) >= 11 is 4.55. The summed E-state index contributed by atoms with van der Waals surface area (Å²) in [5, 5.41) is 2.47. The van der Waals surface area contributed by atoms with Crippen molar-refractivity contribution in [2.75, 3.05) is 5.32 Å². The second kappa shape index (κ2) is 6.08. The van der Waals surface area contributed by atoms with Crippen LogP contribution in [0.1, 0.15) is 24.5 Å². The summed E-state index contributed by atoms with van der Waals surface area (Å²) in [5.41, 5.74) is 3.87. The number of benzene rings is 1. The van der Waals surface area contributed by atoms with E-state index in [0.717, 1.165) is 18.2 Å². The lowest BCUT2D eigenvalue weighted by atomic mass is 10.1. The normalized spacial score (nSPS) is 13.9. The van der Waals surface area contributed by atoms with Gasteiger partial charge >= 0.3 is 12.4 Å². The van der Waals surface area contributed by atoms with Crippen molar-refractivity contribution in [3.05, 3.63) is 29.3 Å². The number of hydrogen-bond donors (Lipinski definition) is 2. The first-order valence-corrected chi connectivity index (χ1v) is 6.15. The molecule has 0 amide bonds. The molecule has 1 atom stereocenters. The molecule has 0 spiro atoms. The van der Waals surface area contributed by atoms with E-state index in [-0.39, 0.29) is 5.69 Å². The summed E-state index contributed by atoms with van der Waals surface area (Å²) in [5.74, 6) is 0. The van der Waals surface area contributed by atoms with Gasteiger partial charge in [0.2, 0.25) is 0 Å². The molecular weight excluding hydrogens is 318 g/mol. The molecule has 0 radical (unpaired) electrons. The van der Waals surface area contributed by atoms with E-state index in [0.29, 0.717) is 0 Å². The summed E-state index contributed by atoms with van der Waals surface area (Å²) in [6.07, 6.45) is -10.1. The number of thiocarbonyl (C=S) groups is 1. The van der Waals surface area contributed by atoms with E-state index in [1.807, 2.05) is 0 Å². The third-order valence-electron chi connectivity index (χ3n) is 2.54. The molecule has 1 rings (SSSR count). The summed E-state index contributed by atoms with van der Waals surface area (Å²) in [4.78, 5) is -0.477. The zero-order valence-electron chi connectivity index (χ0n) is 10.8. The topological polar surface area (TPSA) is 38.0 Å². The van der Waals surface area contributed by atoms with E-state index < -0.39 is 40.9 Å². The number of hydrogen-bond acceptors (Lipinski definition) is 2. The molecule has 0 bridgehead atoms. The van der Waals surface area contributed by atoms with Crippen LogP contribution in [0.4, 0.5) is 32.0 Å². The molecule has 2 nitrogen and oxygen atoms in total. The lowest BCUT2D eigenvalue weighted by Gasteiger charge is -2.19. The van der Waals surface area contributed by atoms with Crippen molar-refractivity contribution in [2.45, 2.75) is 31.7 Å². The van der Waals surface area contributed by atoms with Crippen LogP contribution in [0.15, 0.2) is 18.2 Å². The van der Waals surface area contributed by atoms with Gasteiger partial charge in [0, 0.05) is 17.3 Å². The maximum absolute atomic E-state index is 12.7. The van der Waals surface area contributed by atoms with Gasteiger partial charge in [-0.1, -0.05) is 12.2 Å². The van der Waals surface area contributed by atoms with Crippen molar-refractivity contribution in [2.24, 2.45) is 5.73 Å². The fourth-order valence-electron chi connectivity index (χ4n) is 1.77. The van der Waals surface area contributed by atoms with Gasteiger partial charge in [0.25, 0.3) is 0 Å². The largest absolute Gasteiger partial charge is 0.417 e. The van der Waals surface area contributed by atoms with E-state index in [1.165, 1.54) is 6.92 Å². The van der Waals surface area contributed by atoms with Gasteiger partial charge in [-0.15, -0.1) is 0 Å². The molecule has 0 saturated heterocycles. The van der Waals surface area contributed by atoms with Crippen molar-refractivity contribution >= 4 is 22.9 Å². The van der Waals surface area contributed by atoms with Crippen molar-refractivity contribution < 1.29 is 26.3 Å². The van der Waals surface area contributed by atoms with Crippen molar-refractivity contribution in [1.82, 2.24) is 0 Å². The smallest absolute Gasteiger partial charge is 0.389 e. The number of halogens is 6. The van der Waals surface area contributed by atoms with Crippen LogP contribution in [-0.4, -0.2) is 17.2 Å². The highest BCUT2D eigenvalue weighted by Gasteiger charge is 2.34. The average Bonchev–Trinajstić information content (AvgIpc) is 2.24. The Morgan fingerprint density at radius 3 is 2.24 bits per heavy atom. The van der Waals surface area contributed by atoms with E-state index in [1.54, 1.807) is 0 Å². The first-order chi connectivity index (χ1) is 9.40. The van der Waals surface area contributed by atoms with Gasteiger partial charge < -0.3 is 11.1 Å². The molecule has 9 heteroatoms. The predicted octanol–water partition coefficient (Wildman–Crippen LogP) is 4.09. The number of nitrogens with one attached hydrogen (secondary N) is 1. The number of rotatable bonds is 4. The summed E-state index contributed by atoms with van der Waals surface area (Å²) in [7, 11) is 0. The molecule has 0 aromatic heterocycles. The van der Waals surface area contributed by atoms with Crippen LogP contribution < -0.4 is 11.1 Å². The maximum Gasteiger partial charge on any atom is 0.417 e. The Bertz CT molecular complexity index is 523. The second-order valence-electron chi connectivity index (χ2n) is 4.49. The van der Waals surface area contributed by atoms with Crippen LogP contribution in [0.2, 0.25) is 0 Å². The van der Waals surface area contributed by atoms with E-state index in [4.69, 9.17) is 5.73 Å². The number of anilines is 1. The molecule has 0 heterocycles. The first kappa shape index (κ1) is 17.5. The van der Waals surface area contributed by atoms with Crippen LogP contribution in [0.5, 0.6) is 0 Å². The molecule has 21 heavy (non-hydrogen) atoms. The van der Waals surface area contributed by atoms with Crippen molar-refractivity contribution in [3.63, 3.8) is 0 Å². The Hall–Kier alpha value is -1.51. The van der Waals surface area contributed by atoms with Crippen molar-refractivity contribution in [3.8, 4) is 0 Å². The van der Waals surface area contributed by atoms with Crippen LogP contribution in [-0.2, 0) is 6.18 Å². The molecule has 0 saturated carbocycles. The zero-order valence-corrected chi connectivity index (χ0v) is 11.6. The minimum Gasteiger partial charge on any atom is -0.389 e. The third kappa shape index (κ3) is 5.41. The Labute approximate surface area is 122 Å². The highest BCUT2D eigenvalue weighted by Crippen LogP contribution is 2.33. The van der Waals surface area contributed by atoms with E-state index in [2.05, 4.69) is 17.5 Å². The Morgan fingerprint density at radius 1 is 1.24 bits per heavy atom. The van der Waals surface area contributed by atoms with Crippen LogP contribution in [0.25, 0.3) is 0 Å². The van der Waals surface area contributed by atoms with Crippen LogP contribution in [0, 0.1) is 0 Å². The monoisotopic (exact) mass is 330 g/mol. The van der Waals surface area contributed by atoms with Gasteiger partial charge in [0.15, 0.2) is 0 Å². The highest BCUT2D eigenvalue weighted by atomic mass is 32.1. The molecule has 1 aromatic carbocycles. The average molecular weight is 330 g/mol. The standard InChI is InChI=1S/C12H12F6N2S/c1-6(5-11(13,14)15)20-7-2-3-9(12(16,17)18)8(4-7)10(19)21/h2-4,6,20H,5H2,1H3,(H2,19,21). The number of alkyl halides is 6. The van der Waals surface area contributed by atoms with Gasteiger partial charge in [-0.05, 0) is 25.1 Å². The Kier molecular flexibility index (Phi) is 5.08. The molecule has 1 aromatic rings. The molecule has 118 valence electrons. The molecule has 1 unspecified atom stereocenters. The zero-order chi connectivity index (χ0) is 16.4. The Morgan fingerprint density at radius 2 is 1.81 bits per heavy atom. The molecule has 3 N–H and O–H groups in total. The fraction of sp³-hybridized carbons (Fsp3) is 0.417. The molecule has 0 fully saturated rings. The SMILES string of the molecule is CC(CC(F)(F)F)Nc1ccc(C(F)(F)F)c(C(N)=S)c1. The highest BCUT2D eigenvalue weighted by molar-refractivity contribution is 7.80. The summed E-state index contributed by atoms with van der Waals surface area (Å²) in [6.45, 7) is 1.27. The third-order valence-corrected chi connectivity index (χ3v) is 2.76. The van der Waals surface area contributed by atoms with Crippen LogP contribution in [0.3, 0.4) is 0 Å².